The second-order valence-electron chi connectivity index (χ2n) is 6.64. The van der Waals surface area contributed by atoms with E-state index in [-0.39, 0.29) is 0 Å². The summed E-state index contributed by atoms with van der Waals surface area (Å²) >= 11 is 0. The average Bonchev–Trinajstić information content (AvgIpc) is 2.36. The third kappa shape index (κ3) is 4.28. The van der Waals surface area contributed by atoms with Crippen molar-refractivity contribution in [1.29, 1.82) is 0 Å². The van der Waals surface area contributed by atoms with Crippen molar-refractivity contribution < 1.29 is 0 Å². The SMILES string of the molecule is CCCCC(C(C)C)C(CC)(CCC)C(C)CC. The maximum absolute atomic E-state index is 2.50. The van der Waals surface area contributed by atoms with Crippen molar-refractivity contribution in [3.05, 3.63) is 0 Å². The molecule has 0 aliphatic rings. The van der Waals surface area contributed by atoms with Gasteiger partial charge in [-0.2, -0.15) is 0 Å². The van der Waals surface area contributed by atoms with Crippen LogP contribution in [0.2, 0.25) is 0 Å². The molecular weight excluding hydrogens is 216 g/mol. The lowest BCUT2D eigenvalue weighted by Crippen LogP contribution is -2.39. The Morgan fingerprint density at radius 1 is 0.889 bits per heavy atom. The standard InChI is InChI=1S/C18H38/c1-8-12-13-17(15(5)6)18(11-4,14-9-2)16(7)10-3/h15-17H,8-14H2,1-7H3. The topological polar surface area (TPSA) is 0 Å². The highest BCUT2D eigenvalue weighted by molar-refractivity contribution is 4.90. The molecule has 0 aromatic carbocycles. The summed E-state index contributed by atoms with van der Waals surface area (Å²) in [6.07, 6.45) is 9.65. The van der Waals surface area contributed by atoms with Crippen molar-refractivity contribution in [2.45, 2.75) is 93.4 Å². The molecule has 0 aliphatic heterocycles. The molecule has 0 aromatic heterocycles. The van der Waals surface area contributed by atoms with Gasteiger partial charge >= 0.3 is 0 Å². The van der Waals surface area contributed by atoms with E-state index >= 15 is 0 Å². The van der Waals surface area contributed by atoms with E-state index in [0.717, 1.165) is 17.8 Å². The van der Waals surface area contributed by atoms with Gasteiger partial charge in [-0.15, -0.1) is 0 Å². The van der Waals surface area contributed by atoms with Crippen molar-refractivity contribution >= 4 is 0 Å². The molecule has 0 heterocycles. The predicted molar refractivity (Wildman–Crippen MR) is 84.9 cm³/mol. The van der Waals surface area contributed by atoms with E-state index < -0.39 is 0 Å². The molecule has 0 fully saturated rings. The molecule has 110 valence electrons. The predicted octanol–water partition coefficient (Wildman–Crippen LogP) is 6.69. The molecule has 0 N–H and O–H groups in total. The van der Waals surface area contributed by atoms with E-state index in [0.29, 0.717) is 5.41 Å². The monoisotopic (exact) mass is 254 g/mol. The summed E-state index contributed by atoms with van der Waals surface area (Å²) in [7, 11) is 0. The molecule has 0 aliphatic carbocycles. The Bertz CT molecular complexity index is 194. The van der Waals surface area contributed by atoms with Crippen LogP contribution in [0.1, 0.15) is 93.4 Å². The lowest BCUT2D eigenvalue weighted by molar-refractivity contribution is 0.0220. The van der Waals surface area contributed by atoms with E-state index in [1.807, 2.05) is 0 Å². The van der Waals surface area contributed by atoms with Crippen LogP contribution in [0.15, 0.2) is 0 Å². The molecule has 0 rings (SSSR count). The number of rotatable bonds is 10. The van der Waals surface area contributed by atoms with Gasteiger partial charge in [0.05, 0.1) is 0 Å². The molecule has 0 nitrogen and oxygen atoms in total. The number of hydrogen-bond acceptors (Lipinski definition) is 0. The molecule has 0 heteroatoms. The van der Waals surface area contributed by atoms with Gasteiger partial charge in [0.2, 0.25) is 0 Å². The second kappa shape index (κ2) is 8.99. The minimum absolute atomic E-state index is 0.590. The molecule has 3 unspecified atom stereocenters. The quantitative estimate of drug-likeness (QED) is 0.407. The van der Waals surface area contributed by atoms with Gasteiger partial charge in [0, 0.05) is 0 Å². The molecule has 0 amide bonds. The minimum Gasteiger partial charge on any atom is -0.0654 e. The van der Waals surface area contributed by atoms with Gasteiger partial charge in [0.15, 0.2) is 0 Å². The summed E-state index contributed by atoms with van der Waals surface area (Å²) in [6, 6.07) is 0. The molecule has 18 heavy (non-hydrogen) atoms. The average molecular weight is 255 g/mol. The fourth-order valence-corrected chi connectivity index (χ4v) is 4.17. The van der Waals surface area contributed by atoms with Crippen LogP contribution < -0.4 is 0 Å². The van der Waals surface area contributed by atoms with Gasteiger partial charge in [-0.25, -0.2) is 0 Å². The van der Waals surface area contributed by atoms with E-state index in [2.05, 4.69) is 48.5 Å². The smallest absolute Gasteiger partial charge is 0.0244 e. The van der Waals surface area contributed by atoms with Crippen molar-refractivity contribution in [1.82, 2.24) is 0 Å². The van der Waals surface area contributed by atoms with Crippen LogP contribution >= 0.6 is 0 Å². The first-order valence-electron chi connectivity index (χ1n) is 8.49. The third-order valence-electron chi connectivity index (χ3n) is 5.38. The Morgan fingerprint density at radius 3 is 1.83 bits per heavy atom. The molecule has 0 bridgehead atoms. The zero-order valence-electron chi connectivity index (χ0n) is 14.2. The Balaban J connectivity index is 5.17. The first-order valence-corrected chi connectivity index (χ1v) is 8.49. The summed E-state index contributed by atoms with van der Waals surface area (Å²) in [5, 5.41) is 0. The Labute approximate surface area is 117 Å². The van der Waals surface area contributed by atoms with Crippen LogP contribution in [0.25, 0.3) is 0 Å². The Morgan fingerprint density at radius 2 is 1.50 bits per heavy atom. The molecule has 0 aromatic rings. The minimum atomic E-state index is 0.590. The molecular formula is C18H38. The van der Waals surface area contributed by atoms with Gasteiger partial charge in [-0.05, 0) is 42.4 Å². The molecule has 0 saturated heterocycles. The highest BCUT2D eigenvalue weighted by atomic mass is 14.5. The first kappa shape index (κ1) is 18.0. The Kier molecular flexibility index (Phi) is 8.99. The lowest BCUT2D eigenvalue weighted by Gasteiger charge is -2.47. The van der Waals surface area contributed by atoms with E-state index in [1.165, 1.54) is 44.9 Å². The fourth-order valence-electron chi connectivity index (χ4n) is 4.17. The van der Waals surface area contributed by atoms with Crippen LogP contribution in [0.3, 0.4) is 0 Å². The molecule has 0 radical (unpaired) electrons. The normalized spacial score (nSPS) is 18.7. The van der Waals surface area contributed by atoms with E-state index in [1.54, 1.807) is 0 Å². The second-order valence-corrected chi connectivity index (χ2v) is 6.64. The summed E-state index contributed by atoms with van der Waals surface area (Å²) in [5.74, 6) is 2.61. The maximum Gasteiger partial charge on any atom is -0.0244 e. The van der Waals surface area contributed by atoms with Crippen LogP contribution in [-0.4, -0.2) is 0 Å². The first-order chi connectivity index (χ1) is 8.49. The highest BCUT2D eigenvalue weighted by Gasteiger charge is 2.41. The number of unbranched alkanes of at least 4 members (excludes halogenated alkanes) is 1. The maximum atomic E-state index is 2.50. The molecule has 3 atom stereocenters. The lowest BCUT2D eigenvalue weighted by atomic mass is 9.58. The van der Waals surface area contributed by atoms with Gasteiger partial charge in [-0.3, -0.25) is 0 Å². The van der Waals surface area contributed by atoms with Gasteiger partial charge in [-0.1, -0.05) is 74.1 Å². The summed E-state index contributed by atoms with van der Waals surface area (Å²) in [5.41, 5.74) is 0.590. The molecule has 0 spiro atoms. The summed E-state index contributed by atoms with van der Waals surface area (Å²) in [6.45, 7) is 16.9. The molecule has 0 saturated carbocycles. The highest BCUT2D eigenvalue weighted by Crippen LogP contribution is 2.49. The summed E-state index contributed by atoms with van der Waals surface area (Å²) in [4.78, 5) is 0. The number of hydrogen-bond donors (Lipinski definition) is 0. The zero-order valence-corrected chi connectivity index (χ0v) is 14.2. The van der Waals surface area contributed by atoms with Crippen molar-refractivity contribution in [3.8, 4) is 0 Å². The van der Waals surface area contributed by atoms with Crippen LogP contribution in [0.5, 0.6) is 0 Å². The van der Waals surface area contributed by atoms with E-state index in [4.69, 9.17) is 0 Å². The third-order valence-corrected chi connectivity index (χ3v) is 5.38. The van der Waals surface area contributed by atoms with Crippen molar-refractivity contribution in [2.75, 3.05) is 0 Å². The largest absolute Gasteiger partial charge is 0.0654 e. The zero-order chi connectivity index (χ0) is 14.2. The summed E-state index contributed by atoms with van der Waals surface area (Å²) < 4.78 is 0. The van der Waals surface area contributed by atoms with Crippen LogP contribution in [0, 0.1) is 23.2 Å². The van der Waals surface area contributed by atoms with Crippen molar-refractivity contribution in [2.24, 2.45) is 23.2 Å². The fraction of sp³-hybridized carbons (Fsp3) is 1.00. The van der Waals surface area contributed by atoms with Crippen LogP contribution in [0.4, 0.5) is 0 Å². The van der Waals surface area contributed by atoms with Crippen LogP contribution in [-0.2, 0) is 0 Å². The Hall–Kier alpha value is 0. The van der Waals surface area contributed by atoms with Gasteiger partial charge < -0.3 is 0 Å². The van der Waals surface area contributed by atoms with E-state index in [9.17, 15) is 0 Å². The van der Waals surface area contributed by atoms with Gasteiger partial charge in [0.25, 0.3) is 0 Å². The van der Waals surface area contributed by atoms with Gasteiger partial charge in [0.1, 0.15) is 0 Å². The van der Waals surface area contributed by atoms with Crippen molar-refractivity contribution in [3.63, 3.8) is 0 Å².